The van der Waals surface area contributed by atoms with Crippen LogP contribution in [0.3, 0.4) is 0 Å². The molecule has 0 spiro atoms. The van der Waals surface area contributed by atoms with Crippen LogP contribution in [-0.4, -0.2) is 66.3 Å². The van der Waals surface area contributed by atoms with E-state index in [1.165, 1.54) is 64.2 Å². The minimum absolute atomic E-state index is 0.0437. The molecule has 0 aromatic heterocycles. The zero-order chi connectivity index (χ0) is 39.6. The van der Waals surface area contributed by atoms with Gasteiger partial charge in [0, 0.05) is 13.0 Å². The first-order valence-corrected chi connectivity index (χ1v) is 22.8. The normalized spacial score (nSPS) is 14.7. The van der Waals surface area contributed by atoms with E-state index >= 15 is 0 Å². The number of rotatable bonds is 40. The molecule has 0 aromatic rings. The van der Waals surface area contributed by atoms with Crippen molar-refractivity contribution in [3.8, 4) is 0 Å². The predicted molar refractivity (Wildman–Crippen MR) is 223 cm³/mol. The Morgan fingerprint density at radius 2 is 1.06 bits per heavy atom. The van der Waals surface area contributed by atoms with Crippen molar-refractivity contribution < 1.29 is 43.0 Å². The van der Waals surface area contributed by atoms with Gasteiger partial charge in [0.2, 0.25) is 0 Å². The molecule has 0 radical (unpaired) electrons. The van der Waals surface area contributed by atoms with Crippen molar-refractivity contribution >= 4 is 13.8 Å². The van der Waals surface area contributed by atoms with Crippen LogP contribution in [0.5, 0.6) is 0 Å². The summed E-state index contributed by atoms with van der Waals surface area (Å²) in [7, 11) is -4.52. The Balaban J connectivity index is 4.14. The van der Waals surface area contributed by atoms with Gasteiger partial charge >= 0.3 is 13.8 Å². The molecule has 3 atom stereocenters. The molecule has 3 N–H and O–H groups in total. The smallest absolute Gasteiger partial charge is 0.457 e. The van der Waals surface area contributed by atoms with E-state index in [1.54, 1.807) is 0 Å². The first-order valence-electron chi connectivity index (χ1n) is 21.3. The molecule has 0 fully saturated rings. The summed E-state index contributed by atoms with van der Waals surface area (Å²) < 4.78 is 33.3. The van der Waals surface area contributed by atoms with Crippen LogP contribution in [0.1, 0.15) is 168 Å². The Bertz CT molecular complexity index is 1020. The Morgan fingerprint density at radius 3 is 1.59 bits per heavy atom. The maximum absolute atomic E-state index is 12.6. The molecule has 0 aliphatic rings. The number of aliphatic hydroxyl groups is 2. The number of hydrogen-bond donors (Lipinski definition) is 3. The summed E-state index contributed by atoms with van der Waals surface area (Å²) in [6.07, 6.45) is 46.1. The fraction of sp³-hybridized carbons (Fsp3) is 0.750. The lowest BCUT2D eigenvalue weighted by Crippen LogP contribution is -2.29. The summed E-state index contributed by atoms with van der Waals surface area (Å²) in [5, 5.41) is 18.3. The summed E-state index contributed by atoms with van der Waals surface area (Å²) >= 11 is 0. The second-order valence-electron chi connectivity index (χ2n) is 14.0. The van der Waals surface area contributed by atoms with E-state index in [-0.39, 0.29) is 19.6 Å². The van der Waals surface area contributed by atoms with Gasteiger partial charge in [0.1, 0.15) is 12.2 Å². The van der Waals surface area contributed by atoms with Crippen LogP contribution in [0.15, 0.2) is 60.8 Å². The number of hydrogen-bond acceptors (Lipinski definition) is 8. The van der Waals surface area contributed by atoms with E-state index in [1.807, 2.05) is 0 Å². The summed E-state index contributed by atoms with van der Waals surface area (Å²) in [4.78, 5) is 22.5. The fourth-order valence-electron chi connectivity index (χ4n) is 5.50. The summed E-state index contributed by atoms with van der Waals surface area (Å²) in [6, 6.07) is 0. The van der Waals surface area contributed by atoms with Crippen LogP contribution >= 0.6 is 7.82 Å². The van der Waals surface area contributed by atoms with Crippen LogP contribution < -0.4 is 0 Å². The number of carbonyl (C=O) groups excluding carboxylic acids is 1. The summed E-state index contributed by atoms with van der Waals surface area (Å²) in [5.41, 5.74) is 0. The molecule has 0 aliphatic carbocycles. The monoisotopic (exact) mass is 783 g/mol. The predicted octanol–water partition coefficient (Wildman–Crippen LogP) is 11.6. The zero-order valence-corrected chi connectivity index (χ0v) is 35.1. The third-order valence-corrected chi connectivity index (χ3v) is 9.67. The Labute approximate surface area is 330 Å². The van der Waals surface area contributed by atoms with Crippen molar-refractivity contribution in [2.75, 3.05) is 33.0 Å². The lowest BCUT2D eigenvalue weighted by Gasteiger charge is -2.20. The molecule has 54 heavy (non-hydrogen) atoms. The van der Waals surface area contributed by atoms with Crippen LogP contribution in [0, 0.1) is 0 Å². The second kappa shape index (κ2) is 40.8. The first-order chi connectivity index (χ1) is 26.3. The van der Waals surface area contributed by atoms with Crippen LogP contribution in [-0.2, 0) is 27.9 Å². The molecular formula is C44H79O9P. The van der Waals surface area contributed by atoms with Gasteiger partial charge in [-0.2, -0.15) is 0 Å². The topological polar surface area (TPSA) is 132 Å². The van der Waals surface area contributed by atoms with Crippen molar-refractivity contribution in [3.63, 3.8) is 0 Å². The minimum atomic E-state index is -4.52. The van der Waals surface area contributed by atoms with E-state index in [9.17, 15) is 19.4 Å². The molecule has 0 bridgehead atoms. The van der Waals surface area contributed by atoms with Gasteiger partial charge in [-0.05, 0) is 57.8 Å². The van der Waals surface area contributed by atoms with E-state index in [0.29, 0.717) is 13.0 Å². The maximum atomic E-state index is 12.6. The number of unbranched alkanes of at least 4 members (excludes halogenated alkanes) is 16. The Hall–Kier alpha value is -1.84. The molecule has 0 saturated heterocycles. The standard InChI is InChI=1S/C44H79O9P/c1-3-5-7-9-11-13-15-16-17-18-19-20-21-22-23-24-25-26-27-28-30-32-34-36-44(47)53-43(41-52-54(48,49)51-39-42(46)38-45)40-50-37-35-33-31-29-14-12-10-8-6-4-2/h5,7,11,13,16-17,19-20,22-23,42-43,45-46H,3-4,6,8-10,12,14-15,18,21,24-41H2,1-2H3,(H,48,49)/b7-5-,13-11-,17-16-,20-19-,23-22-. The van der Waals surface area contributed by atoms with Gasteiger partial charge in [-0.1, -0.05) is 164 Å². The molecular weight excluding hydrogens is 703 g/mol. The largest absolute Gasteiger partial charge is 0.472 e. The summed E-state index contributed by atoms with van der Waals surface area (Å²) in [5.74, 6) is -0.396. The SMILES string of the molecule is CC/C=C\C/C=C\C/C=C\C/C=C\C/C=C\CCCCCCCCCC(=O)OC(COCCCCCCCCCCCC)COP(=O)(O)OCC(O)CO. The molecule has 0 amide bonds. The highest BCUT2D eigenvalue weighted by Gasteiger charge is 2.26. The van der Waals surface area contributed by atoms with Gasteiger partial charge in [-0.3, -0.25) is 13.8 Å². The lowest BCUT2D eigenvalue weighted by molar-refractivity contribution is -0.154. The van der Waals surface area contributed by atoms with Crippen LogP contribution in [0.4, 0.5) is 0 Å². The molecule has 10 heteroatoms. The quantitative estimate of drug-likeness (QED) is 0.0240. The Morgan fingerprint density at radius 1 is 0.593 bits per heavy atom. The fourth-order valence-corrected chi connectivity index (χ4v) is 6.29. The van der Waals surface area contributed by atoms with Gasteiger partial charge in [-0.25, -0.2) is 4.57 Å². The molecule has 0 rings (SSSR count). The van der Waals surface area contributed by atoms with E-state index < -0.39 is 39.2 Å². The van der Waals surface area contributed by atoms with Crippen LogP contribution in [0.25, 0.3) is 0 Å². The average Bonchev–Trinajstić information content (AvgIpc) is 3.16. The average molecular weight is 783 g/mol. The molecule has 0 heterocycles. The molecule has 0 aromatic carbocycles. The van der Waals surface area contributed by atoms with Crippen molar-refractivity contribution in [2.45, 2.75) is 180 Å². The highest BCUT2D eigenvalue weighted by Crippen LogP contribution is 2.43. The molecule has 314 valence electrons. The molecule has 3 unspecified atom stereocenters. The van der Waals surface area contributed by atoms with Crippen molar-refractivity contribution in [2.24, 2.45) is 0 Å². The van der Waals surface area contributed by atoms with Gasteiger partial charge in [0.25, 0.3) is 0 Å². The van der Waals surface area contributed by atoms with Gasteiger partial charge < -0.3 is 24.6 Å². The number of esters is 1. The number of phosphoric ester groups is 1. The van der Waals surface area contributed by atoms with Gasteiger partial charge in [0.05, 0.1) is 26.4 Å². The zero-order valence-electron chi connectivity index (χ0n) is 34.2. The molecule has 9 nitrogen and oxygen atoms in total. The first kappa shape index (κ1) is 52.2. The number of ether oxygens (including phenoxy) is 2. The molecule has 0 saturated carbocycles. The minimum Gasteiger partial charge on any atom is -0.457 e. The number of phosphoric acid groups is 1. The third-order valence-electron chi connectivity index (χ3n) is 8.72. The maximum Gasteiger partial charge on any atom is 0.472 e. The molecule has 0 aliphatic heterocycles. The van der Waals surface area contributed by atoms with Crippen molar-refractivity contribution in [1.82, 2.24) is 0 Å². The lowest BCUT2D eigenvalue weighted by atomic mass is 10.1. The number of aliphatic hydroxyl groups excluding tert-OH is 2. The van der Waals surface area contributed by atoms with Gasteiger partial charge in [0.15, 0.2) is 0 Å². The number of carbonyl (C=O) groups is 1. The van der Waals surface area contributed by atoms with E-state index in [4.69, 9.17) is 23.6 Å². The summed E-state index contributed by atoms with van der Waals surface area (Å²) in [6.45, 7) is 3.37. The second-order valence-corrected chi connectivity index (χ2v) is 15.4. The van der Waals surface area contributed by atoms with E-state index in [2.05, 4.69) is 74.6 Å². The third kappa shape index (κ3) is 39.8. The van der Waals surface area contributed by atoms with E-state index in [0.717, 1.165) is 77.0 Å². The van der Waals surface area contributed by atoms with Crippen molar-refractivity contribution in [1.29, 1.82) is 0 Å². The highest BCUT2D eigenvalue weighted by atomic mass is 31.2. The number of allylic oxidation sites excluding steroid dienone is 10. The highest BCUT2D eigenvalue weighted by molar-refractivity contribution is 7.47. The Kier molecular flexibility index (Phi) is 39.4. The van der Waals surface area contributed by atoms with Gasteiger partial charge in [-0.15, -0.1) is 0 Å². The van der Waals surface area contributed by atoms with Crippen molar-refractivity contribution in [3.05, 3.63) is 60.8 Å². The van der Waals surface area contributed by atoms with Crippen LogP contribution in [0.2, 0.25) is 0 Å².